The van der Waals surface area contributed by atoms with Crippen molar-refractivity contribution in [3.63, 3.8) is 0 Å². The molecule has 0 atom stereocenters. The summed E-state index contributed by atoms with van der Waals surface area (Å²) in [4.78, 5) is 14.5. The van der Waals surface area contributed by atoms with Gasteiger partial charge in [-0.05, 0) is 47.8 Å². The van der Waals surface area contributed by atoms with Gasteiger partial charge in [-0.3, -0.25) is 0 Å². The number of quaternary nitrogens is 1. The number of fused-ring (bicyclic) bond motifs is 1. The largest absolute Gasteiger partial charge is 0.507 e. The minimum atomic E-state index is -0.266. The van der Waals surface area contributed by atoms with Gasteiger partial charge < -0.3 is 19.3 Å². The van der Waals surface area contributed by atoms with Crippen LogP contribution in [0, 0.1) is 0 Å². The molecule has 1 aliphatic heterocycles. The first-order chi connectivity index (χ1) is 13.6. The van der Waals surface area contributed by atoms with E-state index in [9.17, 15) is 9.90 Å². The van der Waals surface area contributed by atoms with Crippen LogP contribution in [0.3, 0.4) is 0 Å². The van der Waals surface area contributed by atoms with Crippen molar-refractivity contribution in [3.05, 3.63) is 27.9 Å². The Labute approximate surface area is 174 Å². The molecule has 1 saturated heterocycles. The molecule has 1 saturated carbocycles. The van der Waals surface area contributed by atoms with E-state index in [0.717, 1.165) is 49.1 Å². The maximum atomic E-state index is 13.0. The lowest BCUT2D eigenvalue weighted by molar-refractivity contribution is -0.901. The third-order valence-corrected chi connectivity index (χ3v) is 6.96. The molecule has 1 aromatic heterocycles. The van der Waals surface area contributed by atoms with Crippen LogP contribution >= 0.6 is 15.9 Å². The summed E-state index contributed by atoms with van der Waals surface area (Å²) in [7, 11) is 0. The van der Waals surface area contributed by atoms with E-state index in [1.807, 2.05) is 13.0 Å². The highest BCUT2D eigenvalue weighted by atomic mass is 79.9. The number of halogens is 1. The zero-order valence-electron chi connectivity index (χ0n) is 16.6. The van der Waals surface area contributed by atoms with Crippen molar-refractivity contribution in [2.45, 2.75) is 64.5 Å². The van der Waals surface area contributed by atoms with Gasteiger partial charge in [-0.15, -0.1) is 0 Å². The van der Waals surface area contributed by atoms with Gasteiger partial charge in [0.25, 0.3) is 0 Å². The third kappa shape index (κ3) is 3.69. The van der Waals surface area contributed by atoms with Gasteiger partial charge >= 0.3 is 5.97 Å². The Kier molecular flexibility index (Phi) is 5.97. The van der Waals surface area contributed by atoms with Gasteiger partial charge in [0.05, 0.1) is 40.9 Å². The van der Waals surface area contributed by atoms with Crippen LogP contribution in [0.2, 0.25) is 0 Å². The molecule has 0 unspecified atom stereocenters. The van der Waals surface area contributed by atoms with Crippen LogP contribution in [-0.2, 0) is 11.3 Å². The predicted octanol–water partition coefficient (Wildman–Crippen LogP) is 3.97. The zero-order chi connectivity index (χ0) is 19.7. The number of likely N-dealkylation sites (tertiary alicyclic amines) is 1. The van der Waals surface area contributed by atoms with Gasteiger partial charge in [-0.25, -0.2) is 4.79 Å². The lowest BCUT2D eigenvalue weighted by atomic mass is 9.95. The second-order valence-electron chi connectivity index (χ2n) is 8.16. The standard InChI is InChI=1S/C22H29BrN2O3/c1-2-28-22(27)21-16-12-20(26)17(23)13-18(16)25(15-8-4-3-5-9-15)19(21)14-24-10-6-7-11-24/h12-13,15,26H,2-11,14H2,1H3/p+1. The molecule has 2 aliphatic rings. The number of phenols is 1. The number of rotatable bonds is 5. The van der Waals surface area contributed by atoms with Crippen LogP contribution in [0.5, 0.6) is 5.75 Å². The first kappa shape index (κ1) is 19.8. The Bertz CT molecular complexity index is 865. The number of aromatic nitrogens is 1. The van der Waals surface area contributed by atoms with Gasteiger partial charge in [0.1, 0.15) is 12.3 Å². The predicted molar refractivity (Wildman–Crippen MR) is 113 cm³/mol. The number of hydrogen-bond donors (Lipinski definition) is 2. The highest BCUT2D eigenvalue weighted by molar-refractivity contribution is 9.10. The van der Waals surface area contributed by atoms with Crippen LogP contribution < -0.4 is 4.90 Å². The first-order valence-corrected chi connectivity index (χ1v) is 11.5. The highest BCUT2D eigenvalue weighted by Gasteiger charge is 2.31. The van der Waals surface area contributed by atoms with Crippen LogP contribution in [0.4, 0.5) is 0 Å². The lowest BCUT2D eigenvalue weighted by Gasteiger charge is -2.27. The second-order valence-corrected chi connectivity index (χ2v) is 9.01. The van der Waals surface area contributed by atoms with E-state index in [2.05, 4.69) is 20.5 Å². The molecule has 4 rings (SSSR count). The third-order valence-electron chi connectivity index (χ3n) is 6.32. The molecule has 5 nitrogen and oxygen atoms in total. The van der Waals surface area contributed by atoms with E-state index < -0.39 is 0 Å². The minimum Gasteiger partial charge on any atom is -0.507 e. The smallest absolute Gasteiger partial charge is 0.340 e. The molecule has 152 valence electrons. The number of aromatic hydroxyl groups is 1. The van der Waals surface area contributed by atoms with E-state index in [1.165, 1.54) is 37.0 Å². The van der Waals surface area contributed by atoms with Crippen molar-refractivity contribution in [1.29, 1.82) is 0 Å². The van der Waals surface area contributed by atoms with Gasteiger partial charge in [-0.2, -0.15) is 0 Å². The Balaban J connectivity index is 1.93. The number of carbonyl (C=O) groups is 1. The number of esters is 1. The summed E-state index contributed by atoms with van der Waals surface area (Å²) >= 11 is 3.48. The van der Waals surface area contributed by atoms with Gasteiger partial charge in [-0.1, -0.05) is 19.3 Å². The Morgan fingerprint density at radius 1 is 1.21 bits per heavy atom. The number of nitrogens with one attached hydrogen (secondary N) is 1. The second kappa shape index (κ2) is 8.46. The SMILES string of the molecule is CCOC(=O)c1c(C[NH+]2CCCC2)n(C2CCCCC2)c2cc(Br)c(O)cc12. The molecular weight excluding hydrogens is 420 g/mol. The molecular formula is C22H30BrN2O3+. The van der Waals surface area contributed by atoms with Gasteiger partial charge in [0.15, 0.2) is 0 Å². The number of carbonyl (C=O) groups excluding carboxylic acids is 1. The van der Waals surface area contributed by atoms with E-state index in [4.69, 9.17) is 4.74 Å². The van der Waals surface area contributed by atoms with Crippen molar-refractivity contribution in [1.82, 2.24) is 4.57 Å². The number of benzene rings is 1. The molecule has 1 aliphatic carbocycles. The fraction of sp³-hybridized carbons (Fsp3) is 0.591. The summed E-state index contributed by atoms with van der Waals surface area (Å²) in [5.74, 6) is -0.101. The minimum absolute atomic E-state index is 0.166. The first-order valence-electron chi connectivity index (χ1n) is 10.7. The Hall–Kier alpha value is -1.53. The average molecular weight is 450 g/mol. The van der Waals surface area contributed by atoms with Crippen LogP contribution in [0.25, 0.3) is 10.9 Å². The van der Waals surface area contributed by atoms with Crippen molar-refractivity contribution < 1.29 is 19.5 Å². The molecule has 2 aromatic rings. The molecule has 2 fully saturated rings. The quantitative estimate of drug-likeness (QED) is 0.678. The van der Waals surface area contributed by atoms with Gasteiger partial charge in [0, 0.05) is 24.3 Å². The van der Waals surface area contributed by atoms with Crippen molar-refractivity contribution in [2.24, 2.45) is 0 Å². The number of phenolic OH excluding ortho intramolecular Hbond substituents is 1. The van der Waals surface area contributed by atoms with Crippen molar-refractivity contribution in [3.8, 4) is 5.75 Å². The molecule has 0 bridgehead atoms. The molecule has 1 aromatic carbocycles. The number of ether oxygens (including phenoxy) is 1. The van der Waals surface area contributed by atoms with Crippen LogP contribution in [0.15, 0.2) is 16.6 Å². The zero-order valence-corrected chi connectivity index (χ0v) is 18.2. The van der Waals surface area contributed by atoms with Crippen LogP contribution in [0.1, 0.15) is 74.0 Å². The summed E-state index contributed by atoms with van der Waals surface area (Å²) in [6.07, 6.45) is 8.54. The molecule has 6 heteroatoms. The summed E-state index contributed by atoms with van der Waals surface area (Å²) < 4.78 is 8.54. The van der Waals surface area contributed by atoms with E-state index in [1.54, 1.807) is 6.07 Å². The van der Waals surface area contributed by atoms with Crippen molar-refractivity contribution >= 4 is 32.8 Å². The topological polar surface area (TPSA) is 55.9 Å². The fourth-order valence-corrected chi connectivity index (χ4v) is 5.35. The lowest BCUT2D eigenvalue weighted by Crippen LogP contribution is -3.08. The van der Waals surface area contributed by atoms with E-state index >= 15 is 0 Å². The maximum Gasteiger partial charge on any atom is 0.340 e. The van der Waals surface area contributed by atoms with E-state index in [0.29, 0.717) is 22.7 Å². The summed E-state index contributed by atoms with van der Waals surface area (Å²) in [5, 5.41) is 11.2. The van der Waals surface area contributed by atoms with Crippen molar-refractivity contribution in [2.75, 3.05) is 19.7 Å². The Morgan fingerprint density at radius 3 is 2.61 bits per heavy atom. The summed E-state index contributed by atoms with van der Waals surface area (Å²) in [5.41, 5.74) is 2.78. The number of hydrogen-bond acceptors (Lipinski definition) is 3. The van der Waals surface area contributed by atoms with Crippen LogP contribution in [-0.4, -0.2) is 35.3 Å². The highest BCUT2D eigenvalue weighted by Crippen LogP contribution is 2.40. The van der Waals surface area contributed by atoms with Gasteiger partial charge in [0.2, 0.25) is 0 Å². The molecule has 2 heterocycles. The summed E-state index contributed by atoms with van der Waals surface area (Å²) in [6, 6.07) is 4.12. The monoisotopic (exact) mass is 449 g/mol. The maximum absolute atomic E-state index is 13.0. The number of nitrogens with zero attached hydrogens (tertiary/aromatic N) is 1. The average Bonchev–Trinajstić information content (AvgIpc) is 3.29. The molecule has 0 spiro atoms. The molecule has 28 heavy (non-hydrogen) atoms. The molecule has 2 N–H and O–H groups in total. The normalized spacial score (nSPS) is 18.8. The Morgan fingerprint density at radius 2 is 1.93 bits per heavy atom. The fourth-order valence-electron chi connectivity index (χ4n) is 5.02. The van der Waals surface area contributed by atoms with E-state index in [-0.39, 0.29) is 11.7 Å². The molecule has 0 amide bonds. The molecule has 0 radical (unpaired) electrons. The summed E-state index contributed by atoms with van der Waals surface area (Å²) in [6.45, 7) is 5.36.